The second-order valence-electron chi connectivity index (χ2n) is 3.90. The number of nitrogens with zero attached hydrogens (tertiary/aromatic N) is 1. The number of hydrogen-bond acceptors (Lipinski definition) is 3. The van der Waals surface area contributed by atoms with Crippen molar-refractivity contribution in [3.05, 3.63) is 46.0 Å². The first-order chi connectivity index (χ1) is 7.93. The fourth-order valence-electron chi connectivity index (χ4n) is 1.33. The normalized spacial score (nSPS) is 10.1. The van der Waals surface area contributed by atoms with Crippen LogP contribution < -0.4 is 5.32 Å². The van der Waals surface area contributed by atoms with Gasteiger partial charge in [-0.3, -0.25) is 14.9 Å². The van der Waals surface area contributed by atoms with E-state index in [1.54, 1.807) is 6.07 Å². The molecular formula is C12H14N2O3. The Morgan fingerprint density at radius 3 is 2.59 bits per heavy atom. The Labute approximate surface area is 99.3 Å². The van der Waals surface area contributed by atoms with Gasteiger partial charge in [-0.05, 0) is 25.5 Å². The van der Waals surface area contributed by atoms with E-state index in [0.717, 1.165) is 0 Å². The molecule has 90 valence electrons. The summed E-state index contributed by atoms with van der Waals surface area (Å²) in [5.41, 5.74) is 0.701. The fraction of sp³-hybridized carbons (Fsp3) is 0.250. The molecule has 0 aliphatic heterocycles. The summed E-state index contributed by atoms with van der Waals surface area (Å²) in [6.45, 7) is 7.18. The molecule has 1 rings (SSSR count). The predicted octanol–water partition coefficient (Wildman–Crippen LogP) is 2.38. The Balaban J connectivity index is 3.15. The zero-order valence-electron chi connectivity index (χ0n) is 9.77. The van der Waals surface area contributed by atoms with Crippen LogP contribution in [0.2, 0.25) is 0 Å². The van der Waals surface area contributed by atoms with Crippen molar-refractivity contribution >= 4 is 17.7 Å². The van der Waals surface area contributed by atoms with Gasteiger partial charge in [0.05, 0.1) is 4.92 Å². The van der Waals surface area contributed by atoms with Crippen LogP contribution in [0.25, 0.3) is 6.08 Å². The number of nitro groups is 1. The van der Waals surface area contributed by atoms with Crippen LogP contribution in [0.3, 0.4) is 0 Å². The summed E-state index contributed by atoms with van der Waals surface area (Å²) >= 11 is 0. The number of hydrogen-bond donors (Lipinski definition) is 1. The summed E-state index contributed by atoms with van der Waals surface area (Å²) in [5.74, 6) is -0.327. The van der Waals surface area contributed by atoms with E-state index >= 15 is 0 Å². The molecule has 0 saturated heterocycles. The zero-order valence-corrected chi connectivity index (χ0v) is 9.77. The number of amides is 1. The average molecular weight is 234 g/mol. The molecule has 0 fully saturated rings. The molecule has 5 heteroatoms. The van der Waals surface area contributed by atoms with Crippen molar-refractivity contribution in [1.82, 2.24) is 5.32 Å². The van der Waals surface area contributed by atoms with E-state index in [0.29, 0.717) is 5.56 Å². The van der Waals surface area contributed by atoms with Crippen LogP contribution in [-0.4, -0.2) is 16.9 Å². The van der Waals surface area contributed by atoms with E-state index in [2.05, 4.69) is 11.9 Å². The number of benzene rings is 1. The summed E-state index contributed by atoms with van der Waals surface area (Å²) in [7, 11) is 0. The number of carbonyl (C=O) groups excluding carboxylic acids is 1. The second kappa shape index (κ2) is 5.25. The van der Waals surface area contributed by atoms with Gasteiger partial charge >= 0.3 is 0 Å². The quantitative estimate of drug-likeness (QED) is 0.642. The van der Waals surface area contributed by atoms with Gasteiger partial charge in [-0.15, -0.1) is 0 Å². The van der Waals surface area contributed by atoms with Crippen molar-refractivity contribution in [2.45, 2.75) is 19.9 Å². The number of nitrogens with one attached hydrogen (secondary N) is 1. The molecule has 1 aromatic rings. The Bertz CT molecular complexity index is 467. The summed E-state index contributed by atoms with van der Waals surface area (Å²) in [4.78, 5) is 21.9. The molecule has 0 aromatic heterocycles. The molecule has 5 nitrogen and oxygen atoms in total. The van der Waals surface area contributed by atoms with Crippen LogP contribution in [0.4, 0.5) is 5.69 Å². The van der Waals surface area contributed by atoms with E-state index in [-0.39, 0.29) is 23.2 Å². The third kappa shape index (κ3) is 3.41. The Hall–Kier alpha value is -2.17. The molecule has 17 heavy (non-hydrogen) atoms. The average Bonchev–Trinajstić information content (AvgIpc) is 2.27. The van der Waals surface area contributed by atoms with Gasteiger partial charge in [-0.25, -0.2) is 0 Å². The van der Waals surface area contributed by atoms with Gasteiger partial charge < -0.3 is 5.32 Å². The summed E-state index contributed by atoms with van der Waals surface area (Å²) in [6.07, 6.45) is 1.47. The van der Waals surface area contributed by atoms with Gasteiger partial charge in [0.2, 0.25) is 0 Å². The smallest absolute Gasteiger partial charge is 0.270 e. The van der Waals surface area contributed by atoms with Crippen LogP contribution in [-0.2, 0) is 0 Å². The lowest BCUT2D eigenvalue weighted by Crippen LogP contribution is -2.30. The topological polar surface area (TPSA) is 72.2 Å². The number of non-ortho nitro benzene ring substituents is 1. The highest BCUT2D eigenvalue weighted by Crippen LogP contribution is 2.18. The van der Waals surface area contributed by atoms with Crippen molar-refractivity contribution in [2.75, 3.05) is 0 Å². The Morgan fingerprint density at radius 1 is 1.47 bits per heavy atom. The van der Waals surface area contributed by atoms with E-state index in [9.17, 15) is 14.9 Å². The molecule has 1 aromatic carbocycles. The molecule has 0 radical (unpaired) electrons. The minimum absolute atomic E-state index is 0.0195. The summed E-state index contributed by atoms with van der Waals surface area (Å²) in [5, 5.41) is 13.4. The number of nitro benzene ring substituents is 1. The molecule has 0 aliphatic carbocycles. The molecule has 0 atom stereocenters. The molecule has 0 aliphatic rings. The van der Waals surface area contributed by atoms with Crippen LogP contribution in [0.5, 0.6) is 0 Å². The monoisotopic (exact) mass is 234 g/mol. The van der Waals surface area contributed by atoms with Gasteiger partial charge in [-0.2, -0.15) is 0 Å². The summed E-state index contributed by atoms with van der Waals surface area (Å²) < 4.78 is 0. The molecule has 0 heterocycles. The van der Waals surface area contributed by atoms with E-state index in [1.807, 2.05) is 13.8 Å². The molecule has 0 bridgehead atoms. The zero-order chi connectivity index (χ0) is 13.0. The minimum atomic E-state index is -0.529. The maximum atomic E-state index is 11.7. The first kappa shape index (κ1) is 12.9. The fourth-order valence-corrected chi connectivity index (χ4v) is 1.33. The van der Waals surface area contributed by atoms with Gasteiger partial charge in [0, 0.05) is 23.7 Å². The minimum Gasteiger partial charge on any atom is -0.350 e. The van der Waals surface area contributed by atoms with Crippen LogP contribution in [0, 0.1) is 10.1 Å². The van der Waals surface area contributed by atoms with Gasteiger partial charge in [0.15, 0.2) is 0 Å². The van der Waals surface area contributed by atoms with Gasteiger partial charge in [-0.1, -0.05) is 12.7 Å². The second-order valence-corrected chi connectivity index (χ2v) is 3.90. The molecular weight excluding hydrogens is 220 g/mol. The third-order valence-corrected chi connectivity index (χ3v) is 2.07. The molecule has 0 saturated carbocycles. The first-order valence-electron chi connectivity index (χ1n) is 5.17. The first-order valence-corrected chi connectivity index (χ1v) is 5.17. The molecule has 1 amide bonds. The number of rotatable bonds is 4. The maximum absolute atomic E-state index is 11.7. The lowest BCUT2D eigenvalue weighted by Gasteiger charge is -2.08. The van der Waals surface area contributed by atoms with Crippen molar-refractivity contribution in [1.29, 1.82) is 0 Å². The van der Waals surface area contributed by atoms with Crippen LogP contribution in [0.15, 0.2) is 24.8 Å². The van der Waals surface area contributed by atoms with E-state index in [1.165, 1.54) is 18.2 Å². The highest BCUT2D eigenvalue weighted by molar-refractivity contribution is 5.95. The summed E-state index contributed by atoms with van der Waals surface area (Å²) in [6, 6.07) is 4.18. The molecule has 1 N–H and O–H groups in total. The lowest BCUT2D eigenvalue weighted by atomic mass is 10.1. The third-order valence-electron chi connectivity index (χ3n) is 2.07. The number of carbonyl (C=O) groups is 1. The van der Waals surface area contributed by atoms with Crippen molar-refractivity contribution < 1.29 is 9.72 Å². The lowest BCUT2D eigenvalue weighted by molar-refractivity contribution is -0.384. The largest absolute Gasteiger partial charge is 0.350 e. The van der Waals surface area contributed by atoms with Crippen LogP contribution >= 0.6 is 0 Å². The SMILES string of the molecule is C=Cc1cc(C(=O)NC(C)C)cc([N+](=O)[O-])c1. The van der Waals surface area contributed by atoms with E-state index < -0.39 is 4.92 Å². The van der Waals surface area contributed by atoms with E-state index in [4.69, 9.17) is 0 Å². The highest BCUT2D eigenvalue weighted by atomic mass is 16.6. The Morgan fingerprint density at radius 2 is 2.12 bits per heavy atom. The van der Waals surface area contributed by atoms with Gasteiger partial charge in [0.1, 0.15) is 0 Å². The highest BCUT2D eigenvalue weighted by Gasteiger charge is 2.14. The molecule has 0 spiro atoms. The van der Waals surface area contributed by atoms with Crippen molar-refractivity contribution in [3.63, 3.8) is 0 Å². The van der Waals surface area contributed by atoms with Crippen molar-refractivity contribution in [3.8, 4) is 0 Å². The predicted molar refractivity (Wildman–Crippen MR) is 65.8 cm³/mol. The van der Waals surface area contributed by atoms with Gasteiger partial charge in [0.25, 0.3) is 11.6 Å². The molecule has 0 unspecified atom stereocenters. The standard InChI is InChI=1S/C12H14N2O3/c1-4-9-5-10(12(15)13-8(2)3)7-11(6-9)14(16)17/h4-8H,1H2,2-3H3,(H,13,15). The van der Waals surface area contributed by atoms with Crippen molar-refractivity contribution in [2.24, 2.45) is 0 Å². The van der Waals surface area contributed by atoms with Crippen LogP contribution in [0.1, 0.15) is 29.8 Å². The maximum Gasteiger partial charge on any atom is 0.270 e. The Kier molecular flexibility index (Phi) is 3.98.